The van der Waals surface area contributed by atoms with Crippen molar-refractivity contribution in [1.82, 2.24) is 10.2 Å². The molecule has 0 aromatic heterocycles. The summed E-state index contributed by atoms with van der Waals surface area (Å²) in [6.45, 7) is 4.40. The van der Waals surface area contributed by atoms with Gasteiger partial charge in [0.25, 0.3) is 0 Å². The third-order valence-electron chi connectivity index (χ3n) is 2.48. The molecule has 0 radical (unpaired) electrons. The van der Waals surface area contributed by atoms with Gasteiger partial charge >= 0.3 is 0 Å². The standard InChI is InChI=1S/C9H18N2O2/c1-2-11-6-3-4-8(11)9(13)10-5-7-12/h8,12H,2-7H2,1H3,(H,10,13)/t8-/m0/s1. The molecule has 1 aliphatic heterocycles. The third-order valence-corrected chi connectivity index (χ3v) is 2.48. The van der Waals surface area contributed by atoms with Gasteiger partial charge in [-0.1, -0.05) is 6.92 Å². The number of hydrogen-bond donors (Lipinski definition) is 2. The van der Waals surface area contributed by atoms with E-state index in [1.807, 2.05) is 0 Å². The third kappa shape index (κ3) is 2.67. The molecule has 4 heteroatoms. The van der Waals surface area contributed by atoms with E-state index in [4.69, 9.17) is 5.11 Å². The Morgan fingerprint density at radius 1 is 1.69 bits per heavy atom. The van der Waals surface area contributed by atoms with Crippen molar-refractivity contribution >= 4 is 5.91 Å². The van der Waals surface area contributed by atoms with Crippen LogP contribution in [0.15, 0.2) is 0 Å². The van der Waals surface area contributed by atoms with E-state index in [2.05, 4.69) is 17.1 Å². The van der Waals surface area contributed by atoms with Crippen molar-refractivity contribution in [1.29, 1.82) is 0 Å². The molecule has 4 nitrogen and oxygen atoms in total. The van der Waals surface area contributed by atoms with Crippen molar-refractivity contribution in [3.63, 3.8) is 0 Å². The van der Waals surface area contributed by atoms with Crippen LogP contribution in [0.5, 0.6) is 0 Å². The first kappa shape index (κ1) is 10.5. The van der Waals surface area contributed by atoms with Crippen LogP contribution in [0.3, 0.4) is 0 Å². The van der Waals surface area contributed by atoms with Crippen molar-refractivity contribution < 1.29 is 9.90 Å². The number of aliphatic hydroxyl groups excluding tert-OH is 1. The van der Waals surface area contributed by atoms with E-state index >= 15 is 0 Å². The Balaban J connectivity index is 2.36. The summed E-state index contributed by atoms with van der Waals surface area (Å²) in [7, 11) is 0. The van der Waals surface area contributed by atoms with E-state index < -0.39 is 0 Å². The van der Waals surface area contributed by atoms with Gasteiger partial charge in [-0.3, -0.25) is 9.69 Å². The summed E-state index contributed by atoms with van der Waals surface area (Å²) in [5, 5.41) is 11.3. The molecule has 0 bridgehead atoms. The average molecular weight is 186 g/mol. The molecule has 1 fully saturated rings. The van der Waals surface area contributed by atoms with Gasteiger partial charge in [0.15, 0.2) is 0 Å². The molecule has 1 heterocycles. The van der Waals surface area contributed by atoms with Gasteiger partial charge in [-0.15, -0.1) is 0 Å². The number of nitrogens with zero attached hydrogens (tertiary/aromatic N) is 1. The predicted molar refractivity (Wildman–Crippen MR) is 50.4 cm³/mol. The van der Waals surface area contributed by atoms with E-state index in [0.29, 0.717) is 6.54 Å². The van der Waals surface area contributed by atoms with Gasteiger partial charge in [-0.2, -0.15) is 0 Å². The number of likely N-dealkylation sites (N-methyl/N-ethyl adjacent to an activating group) is 1. The quantitative estimate of drug-likeness (QED) is 0.627. The second kappa shape index (κ2) is 5.19. The zero-order valence-electron chi connectivity index (χ0n) is 8.12. The van der Waals surface area contributed by atoms with Crippen LogP contribution < -0.4 is 5.32 Å². The Hall–Kier alpha value is -0.610. The first-order valence-electron chi connectivity index (χ1n) is 4.92. The molecule has 1 atom stereocenters. The molecular formula is C9H18N2O2. The molecule has 1 amide bonds. The van der Waals surface area contributed by atoms with Crippen LogP contribution in [-0.4, -0.2) is 48.2 Å². The lowest BCUT2D eigenvalue weighted by Crippen LogP contribution is -2.43. The molecule has 0 saturated carbocycles. The summed E-state index contributed by atoms with van der Waals surface area (Å²) in [4.78, 5) is 13.7. The van der Waals surface area contributed by atoms with E-state index in [-0.39, 0.29) is 18.6 Å². The van der Waals surface area contributed by atoms with Crippen molar-refractivity contribution in [2.75, 3.05) is 26.2 Å². The maximum atomic E-state index is 11.5. The van der Waals surface area contributed by atoms with Gasteiger partial charge in [0, 0.05) is 6.54 Å². The van der Waals surface area contributed by atoms with Crippen LogP contribution in [0, 0.1) is 0 Å². The average Bonchev–Trinajstić information content (AvgIpc) is 2.61. The molecule has 76 valence electrons. The molecule has 13 heavy (non-hydrogen) atoms. The summed E-state index contributed by atoms with van der Waals surface area (Å²) in [5.41, 5.74) is 0. The van der Waals surface area contributed by atoms with Crippen LogP contribution in [0.2, 0.25) is 0 Å². The number of carbonyl (C=O) groups excluding carboxylic acids is 1. The lowest BCUT2D eigenvalue weighted by molar-refractivity contribution is -0.125. The minimum Gasteiger partial charge on any atom is -0.395 e. The summed E-state index contributed by atoms with van der Waals surface area (Å²) in [6.07, 6.45) is 2.05. The maximum absolute atomic E-state index is 11.5. The fourth-order valence-electron chi connectivity index (χ4n) is 1.80. The lowest BCUT2D eigenvalue weighted by atomic mass is 10.2. The Morgan fingerprint density at radius 3 is 3.08 bits per heavy atom. The molecule has 0 spiro atoms. The number of carbonyl (C=O) groups is 1. The van der Waals surface area contributed by atoms with Crippen LogP contribution in [0.4, 0.5) is 0 Å². The SMILES string of the molecule is CCN1CCC[C@H]1C(=O)NCCO. The number of rotatable bonds is 4. The highest BCUT2D eigenvalue weighted by Crippen LogP contribution is 2.16. The monoisotopic (exact) mass is 186 g/mol. The Labute approximate surface area is 78.9 Å². The molecule has 1 saturated heterocycles. The van der Waals surface area contributed by atoms with E-state index in [0.717, 1.165) is 25.9 Å². The van der Waals surface area contributed by atoms with Crippen LogP contribution in [0.1, 0.15) is 19.8 Å². The normalized spacial score (nSPS) is 23.4. The number of aliphatic hydroxyl groups is 1. The van der Waals surface area contributed by atoms with Gasteiger partial charge in [-0.05, 0) is 25.9 Å². The zero-order valence-corrected chi connectivity index (χ0v) is 8.12. The van der Waals surface area contributed by atoms with Gasteiger partial charge in [0.1, 0.15) is 0 Å². The molecule has 2 N–H and O–H groups in total. The molecule has 0 aromatic rings. The van der Waals surface area contributed by atoms with Crippen molar-refractivity contribution in [2.45, 2.75) is 25.8 Å². The van der Waals surface area contributed by atoms with E-state index in [1.54, 1.807) is 0 Å². The van der Waals surface area contributed by atoms with E-state index in [1.165, 1.54) is 0 Å². The van der Waals surface area contributed by atoms with Crippen LogP contribution in [-0.2, 0) is 4.79 Å². The highest BCUT2D eigenvalue weighted by atomic mass is 16.3. The second-order valence-corrected chi connectivity index (χ2v) is 3.30. The lowest BCUT2D eigenvalue weighted by Gasteiger charge is -2.21. The van der Waals surface area contributed by atoms with Crippen molar-refractivity contribution in [3.8, 4) is 0 Å². The highest BCUT2D eigenvalue weighted by Gasteiger charge is 2.28. The minimum atomic E-state index is 0.0184. The second-order valence-electron chi connectivity index (χ2n) is 3.30. The highest BCUT2D eigenvalue weighted by molar-refractivity contribution is 5.81. The number of likely N-dealkylation sites (tertiary alicyclic amines) is 1. The largest absolute Gasteiger partial charge is 0.395 e. The Bertz CT molecular complexity index is 173. The topological polar surface area (TPSA) is 52.6 Å². The number of hydrogen-bond acceptors (Lipinski definition) is 3. The van der Waals surface area contributed by atoms with Gasteiger partial charge in [-0.25, -0.2) is 0 Å². The van der Waals surface area contributed by atoms with E-state index in [9.17, 15) is 4.79 Å². The fourth-order valence-corrected chi connectivity index (χ4v) is 1.80. The molecule has 1 rings (SSSR count). The fraction of sp³-hybridized carbons (Fsp3) is 0.889. The molecule has 0 unspecified atom stereocenters. The zero-order chi connectivity index (χ0) is 9.68. The smallest absolute Gasteiger partial charge is 0.237 e. The molecular weight excluding hydrogens is 168 g/mol. The Morgan fingerprint density at radius 2 is 2.46 bits per heavy atom. The van der Waals surface area contributed by atoms with Gasteiger partial charge in [0.05, 0.1) is 12.6 Å². The first-order valence-corrected chi connectivity index (χ1v) is 4.92. The number of nitrogens with one attached hydrogen (secondary N) is 1. The maximum Gasteiger partial charge on any atom is 0.237 e. The van der Waals surface area contributed by atoms with Crippen LogP contribution in [0.25, 0.3) is 0 Å². The molecule has 0 aromatic carbocycles. The number of amides is 1. The molecule has 0 aliphatic carbocycles. The molecule has 1 aliphatic rings. The van der Waals surface area contributed by atoms with Crippen molar-refractivity contribution in [2.24, 2.45) is 0 Å². The van der Waals surface area contributed by atoms with Gasteiger partial charge in [0.2, 0.25) is 5.91 Å². The first-order chi connectivity index (χ1) is 6.29. The summed E-state index contributed by atoms with van der Waals surface area (Å²) in [6, 6.07) is 0.0385. The predicted octanol–water partition coefficient (Wildman–Crippen LogP) is -0.421. The summed E-state index contributed by atoms with van der Waals surface area (Å²) >= 11 is 0. The van der Waals surface area contributed by atoms with Gasteiger partial charge < -0.3 is 10.4 Å². The van der Waals surface area contributed by atoms with Crippen molar-refractivity contribution in [3.05, 3.63) is 0 Å². The summed E-state index contributed by atoms with van der Waals surface area (Å²) < 4.78 is 0. The minimum absolute atomic E-state index is 0.0184. The Kier molecular flexibility index (Phi) is 4.18. The summed E-state index contributed by atoms with van der Waals surface area (Å²) in [5.74, 6) is 0.0633. The van der Waals surface area contributed by atoms with Crippen LogP contribution >= 0.6 is 0 Å².